The van der Waals surface area contributed by atoms with Crippen molar-refractivity contribution in [2.24, 2.45) is 0 Å². The molecule has 106 valence electrons. The van der Waals surface area contributed by atoms with Gasteiger partial charge >= 0.3 is 13.1 Å². The van der Waals surface area contributed by atoms with Gasteiger partial charge in [-0.05, 0) is 29.7 Å². The first-order valence-electron chi connectivity index (χ1n) is 5.90. The molecule has 0 aliphatic rings. The molecule has 2 aromatic rings. The zero-order valence-corrected chi connectivity index (χ0v) is 10.7. The summed E-state index contributed by atoms with van der Waals surface area (Å²) >= 11 is 0. The third-order valence-corrected chi connectivity index (χ3v) is 2.68. The van der Waals surface area contributed by atoms with Gasteiger partial charge in [0.15, 0.2) is 0 Å². The van der Waals surface area contributed by atoms with Crippen LogP contribution >= 0.6 is 0 Å². The zero-order chi connectivity index (χ0) is 15.4. The topological polar surface area (TPSA) is 110 Å². The summed E-state index contributed by atoms with van der Waals surface area (Å²) in [7, 11) is -1.68. The fourth-order valence-corrected chi connectivity index (χ4v) is 1.63. The van der Waals surface area contributed by atoms with Crippen molar-refractivity contribution in [2.75, 3.05) is 0 Å². The lowest BCUT2D eigenvalue weighted by Crippen LogP contribution is -2.30. The van der Waals surface area contributed by atoms with E-state index in [1.54, 1.807) is 0 Å². The monoisotopic (exact) mass is 287 g/mol. The van der Waals surface area contributed by atoms with Crippen LogP contribution in [-0.2, 0) is 0 Å². The van der Waals surface area contributed by atoms with Crippen LogP contribution in [-0.4, -0.2) is 28.1 Å². The molecule has 0 amide bonds. The number of non-ortho nitro benzene ring substituents is 1. The van der Waals surface area contributed by atoms with Crippen molar-refractivity contribution < 1.29 is 24.5 Å². The van der Waals surface area contributed by atoms with Crippen LogP contribution in [0, 0.1) is 10.1 Å². The third-order valence-electron chi connectivity index (χ3n) is 2.68. The Morgan fingerprint density at radius 3 is 2.38 bits per heavy atom. The van der Waals surface area contributed by atoms with Gasteiger partial charge in [0.1, 0.15) is 5.75 Å². The molecule has 0 heterocycles. The van der Waals surface area contributed by atoms with Gasteiger partial charge in [0, 0.05) is 12.1 Å². The summed E-state index contributed by atoms with van der Waals surface area (Å²) in [6, 6.07) is 10.7. The minimum atomic E-state index is -1.68. The lowest BCUT2D eigenvalue weighted by molar-refractivity contribution is -0.384. The number of hydrogen-bond acceptors (Lipinski definition) is 6. The third kappa shape index (κ3) is 3.65. The second-order valence-corrected chi connectivity index (χ2v) is 4.14. The van der Waals surface area contributed by atoms with Crippen LogP contribution in [0.25, 0.3) is 0 Å². The Labute approximate surface area is 119 Å². The van der Waals surface area contributed by atoms with Crippen molar-refractivity contribution in [2.45, 2.75) is 0 Å². The van der Waals surface area contributed by atoms with Gasteiger partial charge in [-0.3, -0.25) is 10.1 Å². The molecule has 0 atom stereocenters. The number of hydrogen-bond donors (Lipinski definition) is 2. The molecule has 2 aromatic carbocycles. The van der Waals surface area contributed by atoms with E-state index in [-0.39, 0.29) is 22.5 Å². The first kappa shape index (κ1) is 14.7. The number of carbonyl (C=O) groups excluding carboxylic acids is 1. The summed E-state index contributed by atoms with van der Waals surface area (Å²) in [6.07, 6.45) is 0. The van der Waals surface area contributed by atoms with E-state index in [9.17, 15) is 14.9 Å². The standard InChI is InChI=1S/C13H10BNO6/c16-13(9-2-1-3-10(8-9)14(17)18)21-12-6-4-11(5-7-12)15(19)20/h1-8,17-18H. The maximum atomic E-state index is 11.9. The highest BCUT2D eigenvalue weighted by Gasteiger charge is 2.15. The molecule has 8 heteroatoms. The Bertz CT molecular complexity index is 671. The highest BCUT2D eigenvalue weighted by molar-refractivity contribution is 6.58. The Kier molecular flexibility index (Phi) is 4.31. The quantitative estimate of drug-likeness (QED) is 0.278. The predicted molar refractivity (Wildman–Crippen MR) is 74.3 cm³/mol. The summed E-state index contributed by atoms with van der Waals surface area (Å²) in [5.41, 5.74) is 0.187. The molecule has 0 aliphatic carbocycles. The number of rotatable bonds is 4. The van der Waals surface area contributed by atoms with E-state index in [2.05, 4.69) is 0 Å². The molecule has 0 unspecified atom stereocenters. The van der Waals surface area contributed by atoms with Gasteiger partial charge < -0.3 is 14.8 Å². The number of nitro benzene ring substituents is 1. The molecule has 0 fully saturated rings. The zero-order valence-electron chi connectivity index (χ0n) is 10.7. The van der Waals surface area contributed by atoms with Crippen molar-refractivity contribution in [3.8, 4) is 5.75 Å². The van der Waals surface area contributed by atoms with Gasteiger partial charge in [-0.2, -0.15) is 0 Å². The SMILES string of the molecule is O=C(Oc1ccc([N+](=O)[O-])cc1)c1cccc(B(O)O)c1. The molecule has 21 heavy (non-hydrogen) atoms. The minimum Gasteiger partial charge on any atom is -0.423 e. The smallest absolute Gasteiger partial charge is 0.423 e. The van der Waals surface area contributed by atoms with Crippen LogP contribution in [0.4, 0.5) is 5.69 Å². The number of carbonyl (C=O) groups is 1. The van der Waals surface area contributed by atoms with E-state index in [1.165, 1.54) is 48.5 Å². The highest BCUT2D eigenvalue weighted by atomic mass is 16.6. The van der Waals surface area contributed by atoms with Gasteiger partial charge in [0.05, 0.1) is 10.5 Å². The second kappa shape index (κ2) is 6.16. The molecule has 0 spiro atoms. The lowest BCUT2D eigenvalue weighted by atomic mass is 9.80. The van der Waals surface area contributed by atoms with Crippen LogP contribution in [0.2, 0.25) is 0 Å². The Morgan fingerprint density at radius 2 is 1.81 bits per heavy atom. The Balaban J connectivity index is 2.14. The van der Waals surface area contributed by atoms with Crippen LogP contribution in [0.3, 0.4) is 0 Å². The van der Waals surface area contributed by atoms with Gasteiger partial charge in [-0.25, -0.2) is 4.79 Å². The lowest BCUT2D eigenvalue weighted by Gasteiger charge is -2.05. The predicted octanol–water partition coefficient (Wildman–Crippen LogP) is 0.494. The van der Waals surface area contributed by atoms with Crippen molar-refractivity contribution in [1.29, 1.82) is 0 Å². The summed E-state index contributed by atoms with van der Waals surface area (Å²) in [4.78, 5) is 21.8. The molecule has 2 rings (SSSR count). The normalized spacial score (nSPS) is 10.0. The van der Waals surface area contributed by atoms with Gasteiger partial charge in [-0.15, -0.1) is 0 Å². The summed E-state index contributed by atoms with van der Waals surface area (Å²) in [6.45, 7) is 0. The second-order valence-electron chi connectivity index (χ2n) is 4.14. The van der Waals surface area contributed by atoms with E-state index in [0.29, 0.717) is 0 Å². The van der Waals surface area contributed by atoms with Gasteiger partial charge in [-0.1, -0.05) is 12.1 Å². The van der Waals surface area contributed by atoms with Gasteiger partial charge in [0.25, 0.3) is 5.69 Å². The van der Waals surface area contributed by atoms with E-state index in [0.717, 1.165) is 0 Å². The first-order chi connectivity index (χ1) is 9.97. The molecule has 0 aliphatic heterocycles. The fraction of sp³-hybridized carbons (Fsp3) is 0. The molecule has 7 nitrogen and oxygen atoms in total. The van der Waals surface area contributed by atoms with Crippen molar-refractivity contribution >= 4 is 24.2 Å². The van der Waals surface area contributed by atoms with E-state index >= 15 is 0 Å². The number of nitro groups is 1. The Hall–Kier alpha value is -2.71. The molecule has 0 radical (unpaired) electrons. The molecular formula is C13H10BNO6. The average molecular weight is 287 g/mol. The average Bonchev–Trinajstić information content (AvgIpc) is 2.48. The number of nitrogens with zero attached hydrogens (tertiary/aromatic N) is 1. The van der Waals surface area contributed by atoms with Crippen LogP contribution in [0.5, 0.6) is 5.75 Å². The molecule has 0 bridgehead atoms. The molecule has 0 saturated heterocycles. The summed E-state index contributed by atoms with van der Waals surface area (Å²) < 4.78 is 5.05. The number of benzene rings is 2. The van der Waals surface area contributed by atoms with Crippen molar-refractivity contribution in [1.82, 2.24) is 0 Å². The van der Waals surface area contributed by atoms with Crippen LogP contribution in [0.15, 0.2) is 48.5 Å². The number of ether oxygens (including phenoxy) is 1. The fourth-order valence-electron chi connectivity index (χ4n) is 1.63. The summed E-state index contributed by atoms with van der Waals surface area (Å²) in [5, 5.41) is 28.6. The highest BCUT2D eigenvalue weighted by Crippen LogP contribution is 2.18. The van der Waals surface area contributed by atoms with Gasteiger partial charge in [0.2, 0.25) is 0 Å². The largest absolute Gasteiger partial charge is 0.488 e. The maximum absolute atomic E-state index is 11.9. The molecular weight excluding hydrogens is 277 g/mol. The molecule has 0 saturated carbocycles. The van der Waals surface area contributed by atoms with E-state index in [4.69, 9.17) is 14.8 Å². The van der Waals surface area contributed by atoms with Crippen molar-refractivity contribution in [3.05, 3.63) is 64.2 Å². The first-order valence-corrected chi connectivity index (χ1v) is 5.90. The molecule has 0 aromatic heterocycles. The number of esters is 1. The molecule has 2 N–H and O–H groups in total. The van der Waals surface area contributed by atoms with E-state index < -0.39 is 18.0 Å². The summed E-state index contributed by atoms with van der Waals surface area (Å²) in [5.74, 6) is -0.549. The van der Waals surface area contributed by atoms with Crippen LogP contribution in [0.1, 0.15) is 10.4 Å². The Morgan fingerprint density at radius 1 is 1.14 bits per heavy atom. The van der Waals surface area contributed by atoms with Crippen LogP contribution < -0.4 is 10.2 Å². The van der Waals surface area contributed by atoms with Crippen molar-refractivity contribution in [3.63, 3.8) is 0 Å². The van der Waals surface area contributed by atoms with E-state index in [1.807, 2.05) is 0 Å². The maximum Gasteiger partial charge on any atom is 0.488 e. The minimum absolute atomic E-state index is 0.111.